The van der Waals surface area contributed by atoms with Crippen LogP contribution in [0.15, 0.2) is 42.7 Å². The van der Waals surface area contributed by atoms with Gasteiger partial charge in [-0.2, -0.15) is 0 Å². The van der Waals surface area contributed by atoms with Crippen LogP contribution >= 0.6 is 11.6 Å². The summed E-state index contributed by atoms with van der Waals surface area (Å²) in [5.74, 6) is 2.50. The van der Waals surface area contributed by atoms with Gasteiger partial charge in [-0.05, 0) is 30.0 Å². The van der Waals surface area contributed by atoms with Crippen molar-refractivity contribution in [3.63, 3.8) is 0 Å². The zero-order valence-corrected chi connectivity index (χ0v) is 12.0. The minimum absolute atomic E-state index is 0.420. The first-order valence-corrected chi connectivity index (χ1v) is 7.05. The molecule has 0 spiro atoms. The van der Waals surface area contributed by atoms with E-state index in [0.717, 1.165) is 23.5 Å². The number of hydrogen-bond donors (Lipinski definition) is 0. The number of halogens is 1. The van der Waals surface area contributed by atoms with Crippen molar-refractivity contribution in [3.8, 4) is 11.5 Å². The van der Waals surface area contributed by atoms with E-state index in [1.165, 1.54) is 5.56 Å². The summed E-state index contributed by atoms with van der Waals surface area (Å²) in [4.78, 5) is 4.10. The molecule has 1 atom stereocenters. The molecule has 2 aromatic rings. The third-order valence-electron chi connectivity index (χ3n) is 3.30. The predicted octanol–water partition coefficient (Wildman–Crippen LogP) is 5.13. The summed E-state index contributed by atoms with van der Waals surface area (Å²) in [5.41, 5.74) is 2.17. The molecule has 0 aliphatic heterocycles. The first-order chi connectivity index (χ1) is 9.26. The average Bonchev–Trinajstić information content (AvgIpc) is 2.47. The highest BCUT2D eigenvalue weighted by Crippen LogP contribution is 2.33. The highest BCUT2D eigenvalue weighted by molar-refractivity contribution is 6.17. The Balaban J connectivity index is 2.33. The van der Waals surface area contributed by atoms with Crippen LogP contribution in [0, 0.1) is 0 Å². The van der Waals surface area contributed by atoms with Gasteiger partial charge in [0.25, 0.3) is 0 Å². The Bertz CT molecular complexity index is 542. The maximum Gasteiger partial charge on any atom is 0.150 e. The maximum atomic E-state index is 6.01. The van der Waals surface area contributed by atoms with Crippen LogP contribution < -0.4 is 4.74 Å². The standard InChI is InChI=1S/C16H18ClNO/c1-3-12(2)14-6-4-5-7-15(14)19-16-11-18-9-8-13(16)10-17/h4-9,11-12H,3,10H2,1-2H3. The molecule has 2 nitrogen and oxygen atoms in total. The summed E-state index contributed by atoms with van der Waals surface area (Å²) in [6.45, 7) is 4.38. The zero-order chi connectivity index (χ0) is 13.7. The van der Waals surface area contributed by atoms with E-state index >= 15 is 0 Å². The molecular formula is C16H18ClNO. The number of nitrogens with zero attached hydrogens (tertiary/aromatic N) is 1. The Kier molecular flexibility index (Phi) is 4.80. The molecule has 0 saturated carbocycles. The van der Waals surface area contributed by atoms with Gasteiger partial charge < -0.3 is 4.74 Å². The van der Waals surface area contributed by atoms with Crippen LogP contribution in [-0.2, 0) is 5.88 Å². The number of aromatic nitrogens is 1. The molecule has 0 radical (unpaired) electrons. The molecule has 19 heavy (non-hydrogen) atoms. The van der Waals surface area contributed by atoms with E-state index in [1.54, 1.807) is 12.4 Å². The second kappa shape index (κ2) is 6.58. The molecule has 1 aromatic carbocycles. The molecule has 100 valence electrons. The molecule has 1 aromatic heterocycles. The maximum absolute atomic E-state index is 6.01. The summed E-state index contributed by atoms with van der Waals surface area (Å²) in [5, 5.41) is 0. The fraction of sp³-hybridized carbons (Fsp3) is 0.312. The van der Waals surface area contributed by atoms with Crippen LogP contribution in [0.3, 0.4) is 0 Å². The minimum Gasteiger partial charge on any atom is -0.455 e. The number of rotatable bonds is 5. The SMILES string of the molecule is CCC(C)c1ccccc1Oc1cnccc1CCl. The molecule has 3 heteroatoms. The van der Waals surface area contributed by atoms with Crippen molar-refractivity contribution in [1.82, 2.24) is 4.98 Å². The van der Waals surface area contributed by atoms with Crippen molar-refractivity contribution >= 4 is 11.6 Å². The Morgan fingerprint density at radius 1 is 1.21 bits per heavy atom. The molecule has 2 rings (SSSR count). The summed E-state index contributed by atoms with van der Waals surface area (Å²) >= 11 is 5.92. The fourth-order valence-corrected chi connectivity index (χ4v) is 2.15. The van der Waals surface area contributed by atoms with Gasteiger partial charge in [-0.25, -0.2) is 0 Å². The summed E-state index contributed by atoms with van der Waals surface area (Å²) in [6, 6.07) is 10.0. The van der Waals surface area contributed by atoms with E-state index < -0.39 is 0 Å². The lowest BCUT2D eigenvalue weighted by Crippen LogP contribution is -1.97. The van der Waals surface area contributed by atoms with Gasteiger partial charge in [-0.3, -0.25) is 4.98 Å². The van der Waals surface area contributed by atoms with E-state index in [-0.39, 0.29) is 0 Å². The molecule has 1 unspecified atom stereocenters. The molecule has 0 amide bonds. The molecule has 0 aliphatic rings. The summed E-state index contributed by atoms with van der Waals surface area (Å²) in [7, 11) is 0. The molecule has 0 saturated heterocycles. The van der Waals surface area contributed by atoms with E-state index in [0.29, 0.717) is 11.8 Å². The lowest BCUT2D eigenvalue weighted by atomic mass is 9.98. The minimum atomic E-state index is 0.420. The van der Waals surface area contributed by atoms with E-state index in [9.17, 15) is 0 Å². The monoisotopic (exact) mass is 275 g/mol. The van der Waals surface area contributed by atoms with Crippen LogP contribution in [-0.4, -0.2) is 4.98 Å². The van der Waals surface area contributed by atoms with Gasteiger partial charge in [0, 0.05) is 11.8 Å². The second-order valence-electron chi connectivity index (χ2n) is 4.57. The van der Waals surface area contributed by atoms with Gasteiger partial charge in [0.05, 0.1) is 12.1 Å². The smallest absolute Gasteiger partial charge is 0.150 e. The molecule has 0 aliphatic carbocycles. The van der Waals surface area contributed by atoms with Crippen LogP contribution in [0.25, 0.3) is 0 Å². The summed E-state index contributed by atoms with van der Waals surface area (Å²) in [6.07, 6.45) is 4.52. The van der Waals surface area contributed by atoms with Gasteiger partial charge >= 0.3 is 0 Å². The quantitative estimate of drug-likeness (QED) is 0.706. The van der Waals surface area contributed by atoms with Crippen molar-refractivity contribution in [2.45, 2.75) is 32.1 Å². The zero-order valence-electron chi connectivity index (χ0n) is 11.3. The van der Waals surface area contributed by atoms with Gasteiger partial charge in [-0.15, -0.1) is 11.6 Å². The summed E-state index contributed by atoms with van der Waals surface area (Å²) < 4.78 is 6.01. The number of pyridine rings is 1. The van der Waals surface area contributed by atoms with Crippen molar-refractivity contribution < 1.29 is 4.74 Å². The third kappa shape index (κ3) is 3.27. The molecule has 0 bridgehead atoms. The molecule has 0 fully saturated rings. The second-order valence-corrected chi connectivity index (χ2v) is 4.83. The van der Waals surface area contributed by atoms with Crippen LogP contribution in [0.1, 0.15) is 37.3 Å². The van der Waals surface area contributed by atoms with Gasteiger partial charge in [0.2, 0.25) is 0 Å². The van der Waals surface area contributed by atoms with Crippen LogP contribution in [0.5, 0.6) is 11.5 Å². The molecular weight excluding hydrogens is 258 g/mol. The Morgan fingerprint density at radius 2 is 2.00 bits per heavy atom. The number of benzene rings is 1. The Morgan fingerprint density at radius 3 is 2.74 bits per heavy atom. The van der Waals surface area contributed by atoms with Crippen molar-refractivity contribution in [3.05, 3.63) is 53.9 Å². The predicted molar refractivity (Wildman–Crippen MR) is 79.0 cm³/mol. The highest BCUT2D eigenvalue weighted by Gasteiger charge is 2.11. The highest BCUT2D eigenvalue weighted by atomic mass is 35.5. The lowest BCUT2D eigenvalue weighted by molar-refractivity contribution is 0.464. The van der Waals surface area contributed by atoms with Gasteiger partial charge in [0.15, 0.2) is 0 Å². The normalized spacial score (nSPS) is 12.2. The largest absolute Gasteiger partial charge is 0.455 e. The van der Waals surface area contributed by atoms with Crippen molar-refractivity contribution in [1.29, 1.82) is 0 Å². The van der Waals surface area contributed by atoms with Crippen molar-refractivity contribution in [2.75, 3.05) is 0 Å². The van der Waals surface area contributed by atoms with Gasteiger partial charge in [0.1, 0.15) is 11.5 Å². The average molecular weight is 276 g/mol. The number of ether oxygens (including phenoxy) is 1. The van der Waals surface area contributed by atoms with Gasteiger partial charge in [-0.1, -0.05) is 32.0 Å². The Labute approximate surface area is 119 Å². The third-order valence-corrected chi connectivity index (χ3v) is 3.58. The number of hydrogen-bond acceptors (Lipinski definition) is 2. The fourth-order valence-electron chi connectivity index (χ4n) is 1.93. The topological polar surface area (TPSA) is 22.1 Å². The van der Waals surface area contributed by atoms with Crippen molar-refractivity contribution in [2.24, 2.45) is 0 Å². The lowest BCUT2D eigenvalue weighted by Gasteiger charge is -2.16. The molecule has 0 N–H and O–H groups in total. The van der Waals surface area contributed by atoms with Crippen LogP contribution in [0.4, 0.5) is 0 Å². The first kappa shape index (κ1) is 13.9. The molecule has 1 heterocycles. The van der Waals surface area contributed by atoms with E-state index in [1.807, 2.05) is 24.3 Å². The first-order valence-electron chi connectivity index (χ1n) is 6.51. The number of alkyl halides is 1. The van der Waals surface area contributed by atoms with E-state index in [2.05, 4.69) is 24.9 Å². The Hall–Kier alpha value is -1.54. The number of para-hydroxylation sites is 1. The van der Waals surface area contributed by atoms with Crippen LogP contribution in [0.2, 0.25) is 0 Å². The van der Waals surface area contributed by atoms with E-state index in [4.69, 9.17) is 16.3 Å².